The Morgan fingerprint density at radius 2 is 1.53 bits per heavy atom. The molecule has 9 heteroatoms. The molecule has 2 aliphatic rings. The van der Waals surface area contributed by atoms with Gasteiger partial charge in [0, 0.05) is 18.7 Å². The van der Waals surface area contributed by atoms with Crippen LogP contribution < -0.4 is 4.90 Å². The van der Waals surface area contributed by atoms with E-state index >= 15 is 0 Å². The topological polar surface area (TPSA) is 97.4 Å². The van der Waals surface area contributed by atoms with Crippen LogP contribution in [0.4, 0.5) is 16.2 Å². The van der Waals surface area contributed by atoms with Gasteiger partial charge in [-0.05, 0) is 94.3 Å². The largest absolute Gasteiger partial charge is 0.444 e. The summed E-state index contributed by atoms with van der Waals surface area (Å²) in [5.41, 5.74) is 3.14. The van der Waals surface area contributed by atoms with E-state index in [4.69, 9.17) is 27.9 Å². The smallest absolute Gasteiger partial charge is 0.410 e. The molecule has 2 heterocycles. The Kier molecular flexibility index (Phi) is 7.94. The predicted octanol–water partition coefficient (Wildman–Crippen LogP) is 8.47. The van der Waals surface area contributed by atoms with E-state index in [1.165, 1.54) is 0 Å². The molecule has 3 aromatic rings. The van der Waals surface area contributed by atoms with E-state index in [1.807, 2.05) is 52.8 Å². The molecule has 0 aliphatic carbocycles. The molecule has 1 saturated heterocycles. The van der Waals surface area contributed by atoms with Gasteiger partial charge in [-0.3, -0.25) is 9.69 Å². The zero-order valence-corrected chi connectivity index (χ0v) is 26.3. The second-order valence-electron chi connectivity index (χ2n) is 12.5. The third-order valence-electron chi connectivity index (χ3n) is 8.14. The molecule has 5 rings (SSSR count). The number of hydrogen-bond donors (Lipinski definition) is 0. The van der Waals surface area contributed by atoms with E-state index in [9.17, 15) is 20.1 Å². The molecule has 7 nitrogen and oxygen atoms in total. The first-order valence-corrected chi connectivity index (χ1v) is 14.9. The number of benzene rings is 3. The Hall–Kier alpha value is -4.04. The molecule has 0 aromatic heterocycles. The maximum atomic E-state index is 14.2. The van der Waals surface area contributed by atoms with Crippen molar-refractivity contribution in [2.75, 3.05) is 18.0 Å². The van der Waals surface area contributed by atoms with Crippen LogP contribution in [0.5, 0.6) is 0 Å². The van der Waals surface area contributed by atoms with Crippen LogP contribution in [-0.2, 0) is 14.9 Å². The third kappa shape index (κ3) is 5.33. The number of nitrogens with zero attached hydrogens (tertiary/aromatic N) is 4. The highest BCUT2D eigenvalue weighted by molar-refractivity contribution is 6.33. The average molecular weight is 616 g/mol. The summed E-state index contributed by atoms with van der Waals surface area (Å²) in [5, 5.41) is 20.7. The number of nitriles is 2. The Bertz CT molecular complexity index is 1720. The monoisotopic (exact) mass is 614 g/mol. The molecule has 0 radical (unpaired) electrons. The first kappa shape index (κ1) is 30.4. The van der Waals surface area contributed by atoms with E-state index in [0.717, 1.165) is 16.7 Å². The lowest BCUT2D eigenvalue weighted by Gasteiger charge is -2.35. The molecule has 1 fully saturated rings. The molecule has 2 amide bonds. The summed E-state index contributed by atoms with van der Waals surface area (Å²) in [6, 6.07) is 18.8. The lowest BCUT2D eigenvalue weighted by Crippen LogP contribution is -2.41. The number of carbonyl (C=O) groups is 2. The van der Waals surface area contributed by atoms with Gasteiger partial charge >= 0.3 is 6.09 Å². The van der Waals surface area contributed by atoms with Crippen LogP contribution in [0.25, 0.3) is 11.1 Å². The first-order valence-electron chi connectivity index (χ1n) is 14.2. The Balaban J connectivity index is 1.69. The molecule has 220 valence electrons. The van der Waals surface area contributed by atoms with E-state index in [-0.39, 0.29) is 28.5 Å². The number of ether oxygens (including phenoxy) is 1. The van der Waals surface area contributed by atoms with Crippen LogP contribution in [0, 0.1) is 22.7 Å². The number of rotatable bonds is 3. The lowest BCUT2D eigenvalue weighted by atomic mass is 9.75. The van der Waals surface area contributed by atoms with E-state index in [1.54, 1.807) is 40.1 Å². The maximum Gasteiger partial charge on any atom is 0.410 e. The molecule has 0 N–H and O–H groups in total. The number of hydrogen-bond acceptors (Lipinski definition) is 5. The second-order valence-corrected chi connectivity index (χ2v) is 13.3. The molecule has 0 bridgehead atoms. The number of fused-ring (bicyclic) bond motifs is 1. The predicted molar refractivity (Wildman–Crippen MR) is 168 cm³/mol. The summed E-state index contributed by atoms with van der Waals surface area (Å²) in [6.07, 6.45) is 1.02. The van der Waals surface area contributed by atoms with Crippen LogP contribution in [0.1, 0.15) is 75.6 Å². The molecule has 0 spiro atoms. The van der Waals surface area contributed by atoms with Crippen molar-refractivity contribution >= 4 is 46.6 Å². The normalized spacial score (nSPS) is 16.4. The first-order chi connectivity index (χ1) is 20.3. The number of halogens is 2. The molecule has 2 aliphatic heterocycles. The van der Waals surface area contributed by atoms with E-state index < -0.39 is 11.0 Å². The van der Waals surface area contributed by atoms with Gasteiger partial charge in [-0.2, -0.15) is 10.5 Å². The van der Waals surface area contributed by atoms with Gasteiger partial charge in [0.05, 0.1) is 38.0 Å². The van der Waals surface area contributed by atoms with Crippen molar-refractivity contribution in [1.29, 1.82) is 10.5 Å². The number of piperidine rings is 1. The van der Waals surface area contributed by atoms with Gasteiger partial charge in [-0.25, -0.2) is 4.79 Å². The van der Waals surface area contributed by atoms with Crippen LogP contribution in [-0.4, -0.2) is 35.6 Å². The van der Waals surface area contributed by atoms with Gasteiger partial charge in [0.25, 0.3) is 0 Å². The zero-order chi connectivity index (χ0) is 31.3. The minimum Gasteiger partial charge on any atom is -0.444 e. The van der Waals surface area contributed by atoms with E-state index in [2.05, 4.69) is 12.1 Å². The fraction of sp³-hybridized carbons (Fsp3) is 0.353. The minimum atomic E-state index is -1.01. The van der Waals surface area contributed by atoms with Gasteiger partial charge < -0.3 is 9.64 Å². The zero-order valence-electron chi connectivity index (χ0n) is 24.8. The highest BCUT2D eigenvalue weighted by Crippen LogP contribution is 2.54. The lowest BCUT2D eigenvalue weighted by molar-refractivity contribution is -0.121. The summed E-state index contributed by atoms with van der Waals surface area (Å²) in [7, 11) is 0. The molecular formula is C34H32Cl2N4O3. The van der Waals surface area contributed by atoms with Crippen molar-refractivity contribution in [2.45, 2.75) is 64.4 Å². The number of carbonyl (C=O) groups excluding carboxylic acids is 2. The highest BCUT2D eigenvalue weighted by Gasteiger charge is 2.48. The van der Waals surface area contributed by atoms with Gasteiger partial charge in [0.15, 0.2) is 0 Å². The minimum absolute atomic E-state index is 0.0466. The van der Waals surface area contributed by atoms with Crippen molar-refractivity contribution in [1.82, 2.24) is 4.90 Å². The average Bonchev–Trinajstić information content (AvgIpc) is 3.16. The Morgan fingerprint density at radius 1 is 0.930 bits per heavy atom. The number of likely N-dealkylation sites (tertiary alicyclic amines) is 1. The van der Waals surface area contributed by atoms with Crippen LogP contribution in [0.3, 0.4) is 0 Å². The molecular weight excluding hydrogens is 583 g/mol. The summed E-state index contributed by atoms with van der Waals surface area (Å²) in [6.45, 7) is 10.3. The van der Waals surface area contributed by atoms with Gasteiger partial charge in [0.1, 0.15) is 17.7 Å². The molecule has 0 saturated carbocycles. The molecule has 3 aromatic carbocycles. The van der Waals surface area contributed by atoms with E-state index in [0.29, 0.717) is 53.5 Å². The maximum absolute atomic E-state index is 14.2. The summed E-state index contributed by atoms with van der Waals surface area (Å²) < 4.78 is 5.60. The van der Waals surface area contributed by atoms with Gasteiger partial charge in [-0.1, -0.05) is 47.5 Å². The summed E-state index contributed by atoms with van der Waals surface area (Å²) in [5.74, 6) is -0.162. The van der Waals surface area contributed by atoms with Crippen LogP contribution in [0.15, 0.2) is 48.5 Å². The third-order valence-corrected chi connectivity index (χ3v) is 8.77. The molecule has 0 atom stereocenters. The fourth-order valence-corrected chi connectivity index (χ4v) is 6.58. The van der Waals surface area contributed by atoms with Crippen molar-refractivity contribution in [3.05, 3.63) is 80.8 Å². The number of amides is 2. The van der Waals surface area contributed by atoms with Crippen molar-refractivity contribution in [3.8, 4) is 23.3 Å². The van der Waals surface area contributed by atoms with Crippen LogP contribution in [0.2, 0.25) is 10.0 Å². The summed E-state index contributed by atoms with van der Waals surface area (Å²) in [4.78, 5) is 30.3. The highest BCUT2D eigenvalue weighted by atomic mass is 35.5. The fourth-order valence-electron chi connectivity index (χ4n) is 6.15. The quantitative estimate of drug-likeness (QED) is 0.294. The Labute approximate surface area is 262 Å². The molecule has 43 heavy (non-hydrogen) atoms. The van der Waals surface area contributed by atoms with Crippen molar-refractivity contribution < 1.29 is 14.3 Å². The number of anilines is 2. The molecule has 0 unspecified atom stereocenters. The van der Waals surface area contributed by atoms with Crippen molar-refractivity contribution in [2.24, 2.45) is 0 Å². The van der Waals surface area contributed by atoms with Gasteiger partial charge in [-0.15, -0.1) is 0 Å². The van der Waals surface area contributed by atoms with Gasteiger partial charge in [0.2, 0.25) is 5.91 Å². The van der Waals surface area contributed by atoms with Crippen LogP contribution >= 0.6 is 23.2 Å². The standard InChI is InChI=1S/C34H32Cl2N4O3/c1-33(2,3)43-32(42)39-16-14-20(15-17-39)21-12-13-28-30(29(21)22-8-6-9-25(35)23(22)18-37)34(4,5)31(41)40(28)27-11-7-10-26(36)24(27)19-38/h6-13,20H,14-17H2,1-5H3. The Morgan fingerprint density at radius 3 is 2.14 bits per heavy atom. The van der Waals surface area contributed by atoms with Crippen molar-refractivity contribution in [3.63, 3.8) is 0 Å². The summed E-state index contributed by atoms with van der Waals surface area (Å²) >= 11 is 12.9. The SMILES string of the molecule is CC(C)(C)OC(=O)N1CCC(c2ccc3c(c2-c2cccc(Cl)c2C#N)C(C)(C)C(=O)N3c2cccc(Cl)c2C#N)CC1. The second kappa shape index (κ2) is 11.2.